The van der Waals surface area contributed by atoms with E-state index in [9.17, 15) is 0 Å². The SMILES string of the molecule is C=C/C=C(\C=C/C)n1c2ccccc2c2ccc(-c3nc(-c4ccc(-c5cccc(-c6ccccc6)c5)cc4)nc(-c4ccc5c6ccccc6n(-c6ccccc6)c5c4)n3)cc21. The molecule has 0 fully saturated rings. The lowest BCUT2D eigenvalue weighted by atomic mass is 9.98. The number of aromatic nitrogens is 5. The summed E-state index contributed by atoms with van der Waals surface area (Å²) in [5, 5.41) is 4.68. The van der Waals surface area contributed by atoms with Crippen LogP contribution >= 0.6 is 0 Å². The summed E-state index contributed by atoms with van der Waals surface area (Å²) < 4.78 is 4.62. The predicted molar refractivity (Wildman–Crippen MR) is 264 cm³/mol. The first-order valence-electron chi connectivity index (χ1n) is 21.3. The molecule has 5 nitrogen and oxygen atoms in total. The van der Waals surface area contributed by atoms with Gasteiger partial charge in [-0.05, 0) is 83.8 Å². The topological polar surface area (TPSA) is 48.5 Å². The number of benzene rings is 8. The summed E-state index contributed by atoms with van der Waals surface area (Å²) >= 11 is 0. The molecule has 0 N–H and O–H groups in total. The number of nitrogens with zero attached hydrogens (tertiary/aromatic N) is 5. The van der Waals surface area contributed by atoms with Crippen LogP contribution < -0.4 is 0 Å². The standard InChI is InChI=1S/C58H41N5/c1-3-16-46(17-4-2)62-52-26-13-11-24-48(52)50-34-32-44(37-54(50)62)57-59-56(41-30-28-40(29-31-41)43-21-15-20-42(36-43)39-18-7-5-8-19-39)60-58(61-57)45-33-35-51-49-25-12-14-27-53(49)63(55(51)38-45)47-22-9-6-10-23-47/h3-38H,1H2,2H3/b17-4-,46-16+. The average Bonchev–Trinajstić information content (AvgIpc) is 3.86. The number of para-hydroxylation sites is 3. The maximum absolute atomic E-state index is 5.29. The summed E-state index contributed by atoms with van der Waals surface area (Å²) in [5.74, 6) is 1.80. The van der Waals surface area contributed by atoms with Crippen LogP contribution in [-0.4, -0.2) is 24.1 Å². The summed E-state index contributed by atoms with van der Waals surface area (Å²) in [7, 11) is 0. The quantitative estimate of drug-likeness (QED) is 0.137. The molecule has 8 aromatic carbocycles. The maximum atomic E-state index is 5.29. The second-order valence-corrected chi connectivity index (χ2v) is 15.7. The zero-order valence-corrected chi connectivity index (χ0v) is 34.7. The van der Waals surface area contributed by atoms with Crippen molar-refractivity contribution in [1.82, 2.24) is 24.1 Å². The first-order valence-corrected chi connectivity index (χ1v) is 21.3. The van der Waals surface area contributed by atoms with Crippen molar-refractivity contribution in [3.8, 4) is 62.1 Å². The second-order valence-electron chi connectivity index (χ2n) is 15.7. The molecule has 3 aromatic heterocycles. The van der Waals surface area contributed by atoms with E-state index in [1.165, 1.54) is 27.3 Å². The number of rotatable bonds is 9. The highest BCUT2D eigenvalue weighted by atomic mass is 15.0. The van der Waals surface area contributed by atoms with E-state index in [1.807, 2.05) is 25.1 Å². The van der Waals surface area contributed by atoms with Crippen LogP contribution in [0.25, 0.3) is 111 Å². The van der Waals surface area contributed by atoms with Crippen LogP contribution in [0.5, 0.6) is 0 Å². The van der Waals surface area contributed by atoms with E-state index >= 15 is 0 Å². The van der Waals surface area contributed by atoms with Crippen molar-refractivity contribution >= 4 is 49.3 Å². The van der Waals surface area contributed by atoms with Gasteiger partial charge in [0.05, 0.1) is 22.1 Å². The van der Waals surface area contributed by atoms with Gasteiger partial charge in [-0.15, -0.1) is 0 Å². The van der Waals surface area contributed by atoms with Gasteiger partial charge in [0.25, 0.3) is 0 Å². The van der Waals surface area contributed by atoms with Gasteiger partial charge in [-0.3, -0.25) is 0 Å². The molecule has 0 spiro atoms. The normalized spacial score (nSPS) is 12.0. The predicted octanol–water partition coefficient (Wildman–Crippen LogP) is 15.0. The first-order chi connectivity index (χ1) is 31.1. The molecule has 5 heteroatoms. The van der Waals surface area contributed by atoms with E-state index in [0.29, 0.717) is 17.5 Å². The number of hydrogen-bond donors (Lipinski definition) is 0. The number of allylic oxidation sites excluding steroid dienone is 5. The fourth-order valence-electron chi connectivity index (χ4n) is 8.93. The Hall–Kier alpha value is -8.41. The monoisotopic (exact) mass is 807 g/mol. The van der Waals surface area contributed by atoms with Crippen LogP contribution in [0.1, 0.15) is 6.92 Å². The smallest absolute Gasteiger partial charge is 0.164 e. The van der Waals surface area contributed by atoms with E-state index in [1.54, 1.807) is 0 Å². The third kappa shape index (κ3) is 6.73. The molecule has 298 valence electrons. The van der Waals surface area contributed by atoms with Crippen molar-refractivity contribution in [2.75, 3.05) is 0 Å². The molecule has 0 aliphatic rings. The summed E-state index contributed by atoms with van der Waals surface area (Å²) in [4.78, 5) is 15.8. The van der Waals surface area contributed by atoms with Crippen molar-refractivity contribution in [1.29, 1.82) is 0 Å². The minimum Gasteiger partial charge on any atom is -0.309 e. The zero-order valence-electron chi connectivity index (χ0n) is 34.7. The molecular formula is C58H41N5. The molecule has 11 aromatic rings. The van der Waals surface area contributed by atoms with Gasteiger partial charge >= 0.3 is 0 Å². The molecule has 0 bridgehead atoms. The first kappa shape index (κ1) is 37.6. The van der Waals surface area contributed by atoms with Crippen molar-refractivity contribution in [2.24, 2.45) is 0 Å². The van der Waals surface area contributed by atoms with Crippen LogP contribution in [0.3, 0.4) is 0 Å². The minimum absolute atomic E-state index is 0.595. The van der Waals surface area contributed by atoms with E-state index in [0.717, 1.165) is 66.7 Å². The van der Waals surface area contributed by atoms with E-state index in [4.69, 9.17) is 15.0 Å². The third-order valence-electron chi connectivity index (χ3n) is 11.8. The highest BCUT2D eigenvalue weighted by Gasteiger charge is 2.19. The Kier molecular flexibility index (Phi) is 9.48. The second kappa shape index (κ2) is 15.9. The Morgan fingerprint density at radius 2 is 0.889 bits per heavy atom. The van der Waals surface area contributed by atoms with E-state index in [-0.39, 0.29) is 0 Å². The average molecular weight is 808 g/mol. The van der Waals surface area contributed by atoms with Gasteiger partial charge < -0.3 is 9.13 Å². The van der Waals surface area contributed by atoms with Crippen molar-refractivity contribution in [3.05, 3.63) is 225 Å². The lowest BCUT2D eigenvalue weighted by Crippen LogP contribution is -2.01. The summed E-state index contributed by atoms with van der Waals surface area (Å²) in [5.41, 5.74) is 13.9. The molecule has 11 rings (SSSR count). The van der Waals surface area contributed by atoms with Gasteiger partial charge in [0.15, 0.2) is 17.5 Å². The molecule has 0 saturated carbocycles. The Balaban J connectivity index is 1.10. The van der Waals surface area contributed by atoms with Crippen LogP contribution in [0.15, 0.2) is 225 Å². The Morgan fingerprint density at radius 1 is 0.413 bits per heavy atom. The number of hydrogen-bond acceptors (Lipinski definition) is 3. The largest absolute Gasteiger partial charge is 0.309 e. The molecule has 0 aliphatic heterocycles. The third-order valence-corrected chi connectivity index (χ3v) is 11.8. The molecule has 0 unspecified atom stereocenters. The highest BCUT2D eigenvalue weighted by Crippen LogP contribution is 2.38. The van der Waals surface area contributed by atoms with Crippen LogP contribution in [0, 0.1) is 0 Å². The zero-order chi connectivity index (χ0) is 42.3. The maximum Gasteiger partial charge on any atom is 0.164 e. The van der Waals surface area contributed by atoms with Crippen molar-refractivity contribution in [2.45, 2.75) is 6.92 Å². The van der Waals surface area contributed by atoms with Crippen molar-refractivity contribution < 1.29 is 0 Å². The summed E-state index contributed by atoms with van der Waals surface area (Å²) in [6.07, 6.45) is 8.06. The lowest BCUT2D eigenvalue weighted by Gasteiger charge is -2.12. The molecule has 3 heterocycles. The minimum atomic E-state index is 0.595. The van der Waals surface area contributed by atoms with Gasteiger partial charge in [0, 0.05) is 49.6 Å². The molecule has 0 amide bonds. The molecule has 0 aliphatic carbocycles. The van der Waals surface area contributed by atoms with E-state index in [2.05, 4.69) is 216 Å². The highest BCUT2D eigenvalue weighted by molar-refractivity contribution is 6.12. The molecule has 63 heavy (non-hydrogen) atoms. The van der Waals surface area contributed by atoms with Crippen LogP contribution in [0.2, 0.25) is 0 Å². The van der Waals surface area contributed by atoms with Gasteiger partial charge in [-0.25, -0.2) is 15.0 Å². The Morgan fingerprint density at radius 3 is 1.54 bits per heavy atom. The van der Waals surface area contributed by atoms with Crippen LogP contribution in [-0.2, 0) is 0 Å². The van der Waals surface area contributed by atoms with E-state index < -0.39 is 0 Å². The molecule has 0 radical (unpaired) electrons. The number of fused-ring (bicyclic) bond motifs is 6. The molecular weight excluding hydrogens is 767 g/mol. The lowest BCUT2D eigenvalue weighted by molar-refractivity contribution is 1.07. The van der Waals surface area contributed by atoms with Gasteiger partial charge in [0.2, 0.25) is 0 Å². The Bertz CT molecular complexity index is 3570. The fraction of sp³-hybridized carbons (Fsp3) is 0.0172. The fourth-order valence-corrected chi connectivity index (χ4v) is 8.93. The molecule has 0 saturated heterocycles. The Labute approximate surface area is 365 Å². The molecule has 0 atom stereocenters. The van der Waals surface area contributed by atoms with Gasteiger partial charge in [0.1, 0.15) is 0 Å². The summed E-state index contributed by atoms with van der Waals surface area (Å²) in [6.45, 7) is 6.07. The summed E-state index contributed by atoms with van der Waals surface area (Å²) in [6, 6.07) is 68.5. The van der Waals surface area contributed by atoms with Crippen LogP contribution in [0.4, 0.5) is 0 Å². The van der Waals surface area contributed by atoms with Gasteiger partial charge in [-0.1, -0.05) is 170 Å². The van der Waals surface area contributed by atoms with Crippen molar-refractivity contribution in [3.63, 3.8) is 0 Å². The van der Waals surface area contributed by atoms with Gasteiger partial charge in [-0.2, -0.15) is 0 Å².